The lowest BCUT2D eigenvalue weighted by molar-refractivity contribution is -0.136. The van der Waals surface area contributed by atoms with Crippen LogP contribution in [-0.2, 0) is 22.7 Å². The van der Waals surface area contributed by atoms with Crippen molar-refractivity contribution in [2.45, 2.75) is 13.2 Å². The lowest BCUT2D eigenvalue weighted by Gasteiger charge is -2.28. The molecular weight excluding hydrogens is 364 g/mol. The van der Waals surface area contributed by atoms with Crippen molar-refractivity contribution in [1.82, 2.24) is 9.80 Å². The van der Waals surface area contributed by atoms with Crippen molar-refractivity contribution in [3.8, 4) is 5.75 Å². The van der Waals surface area contributed by atoms with E-state index in [0.29, 0.717) is 51.0 Å². The first kappa shape index (κ1) is 19.7. The van der Waals surface area contributed by atoms with Crippen molar-refractivity contribution in [3.63, 3.8) is 0 Å². The Morgan fingerprint density at radius 1 is 1.19 bits per heavy atom. The number of morpholine rings is 1. The van der Waals surface area contributed by atoms with E-state index in [0.717, 1.165) is 16.9 Å². The average molecular weight is 389 g/mol. The number of rotatable bonds is 7. The monoisotopic (exact) mass is 388 g/mol. The van der Waals surface area contributed by atoms with Crippen molar-refractivity contribution in [2.24, 2.45) is 0 Å². The molecule has 5 nitrogen and oxygen atoms in total. The molecular formula is C21H25ClN2O3. The predicted octanol–water partition coefficient (Wildman–Crippen LogP) is 3.21. The highest BCUT2D eigenvalue weighted by Crippen LogP contribution is 2.20. The van der Waals surface area contributed by atoms with Gasteiger partial charge in [0.25, 0.3) is 0 Å². The molecule has 2 aromatic carbocycles. The minimum absolute atomic E-state index is 0.145. The Kier molecular flexibility index (Phi) is 7.10. The molecule has 0 bridgehead atoms. The Bertz CT molecular complexity index is 763. The van der Waals surface area contributed by atoms with Gasteiger partial charge in [0.05, 0.1) is 19.8 Å². The summed E-state index contributed by atoms with van der Waals surface area (Å²) in [4.78, 5) is 16.2. The summed E-state index contributed by atoms with van der Waals surface area (Å²) in [6.07, 6.45) is 0. The lowest BCUT2D eigenvalue weighted by Crippen LogP contribution is -2.44. The van der Waals surface area contributed by atoms with Crippen LogP contribution in [0.1, 0.15) is 11.1 Å². The van der Waals surface area contributed by atoms with Gasteiger partial charge in [0, 0.05) is 30.2 Å². The first-order valence-corrected chi connectivity index (χ1v) is 9.49. The van der Waals surface area contributed by atoms with Crippen LogP contribution >= 0.6 is 11.6 Å². The second-order valence-electron chi connectivity index (χ2n) is 6.69. The Balaban J connectivity index is 1.52. The molecule has 1 fully saturated rings. The highest BCUT2D eigenvalue weighted by atomic mass is 35.5. The van der Waals surface area contributed by atoms with Crippen LogP contribution in [0.3, 0.4) is 0 Å². The molecule has 27 heavy (non-hydrogen) atoms. The molecule has 2 aromatic rings. The Hall–Kier alpha value is -2.08. The van der Waals surface area contributed by atoms with Gasteiger partial charge < -0.3 is 14.4 Å². The van der Waals surface area contributed by atoms with Crippen LogP contribution in [0.25, 0.3) is 0 Å². The molecule has 1 aliphatic rings. The fraction of sp³-hybridized carbons (Fsp3) is 0.381. The standard InChI is InChI=1S/C21H25ClN2O3/c1-23(15-21(25)24-9-11-26-12-10-24)14-17-5-4-7-19(13-17)27-16-18-6-2-3-8-20(18)22/h2-8,13H,9-12,14-16H2,1H3. The van der Waals surface area contributed by atoms with E-state index in [9.17, 15) is 4.79 Å². The molecule has 3 rings (SSSR count). The number of benzene rings is 2. The topological polar surface area (TPSA) is 42.0 Å². The van der Waals surface area contributed by atoms with Gasteiger partial charge in [0.1, 0.15) is 12.4 Å². The van der Waals surface area contributed by atoms with Gasteiger partial charge in [-0.1, -0.05) is 41.9 Å². The minimum Gasteiger partial charge on any atom is -0.489 e. The fourth-order valence-electron chi connectivity index (χ4n) is 3.02. The van der Waals surface area contributed by atoms with Gasteiger partial charge in [0.2, 0.25) is 5.91 Å². The van der Waals surface area contributed by atoms with Crippen LogP contribution < -0.4 is 4.74 Å². The van der Waals surface area contributed by atoms with E-state index in [-0.39, 0.29) is 5.91 Å². The van der Waals surface area contributed by atoms with Gasteiger partial charge in [-0.2, -0.15) is 0 Å². The Labute approximate surface area is 165 Å². The maximum atomic E-state index is 12.3. The second-order valence-corrected chi connectivity index (χ2v) is 7.10. The summed E-state index contributed by atoms with van der Waals surface area (Å²) in [6.45, 7) is 4.11. The zero-order chi connectivity index (χ0) is 19.1. The van der Waals surface area contributed by atoms with Crippen molar-refractivity contribution < 1.29 is 14.3 Å². The number of nitrogens with zero attached hydrogens (tertiary/aromatic N) is 2. The Morgan fingerprint density at radius 2 is 1.96 bits per heavy atom. The van der Waals surface area contributed by atoms with Crippen LogP contribution in [0.2, 0.25) is 5.02 Å². The number of ether oxygens (including phenoxy) is 2. The highest BCUT2D eigenvalue weighted by molar-refractivity contribution is 6.31. The molecule has 0 spiro atoms. The van der Waals surface area contributed by atoms with Gasteiger partial charge in [-0.15, -0.1) is 0 Å². The van der Waals surface area contributed by atoms with Gasteiger partial charge in [-0.05, 0) is 30.8 Å². The van der Waals surface area contributed by atoms with Gasteiger partial charge in [0.15, 0.2) is 0 Å². The van der Waals surface area contributed by atoms with Crippen molar-refractivity contribution in [2.75, 3.05) is 39.9 Å². The number of halogens is 1. The van der Waals surface area contributed by atoms with Crippen molar-refractivity contribution in [1.29, 1.82) is 0 Å². The highest BCUT2D eigenvalue weighted by Gasteiger charge is 2.18. The van der Waals surface area contributed by atoms with E-state index in [1.54, 1.807) is 0 Å². The molecule has 1 aliphatic heterocycles. The van der Waals surface area contributed by atoms with E-state index in [4.69, 9.17) is 21.1 Å². The number of hydrogen-bond acceptors (Lipinski definition) is 4. The van der Waals surface area contributed by atoms with Gasteiger partial charge >= 0.3 is 0 Å². The van der Waals surface area contributed by atoms with Gasteiger partial charge in [-0.25, -0.2) is 0 Å². The molecule has 0 unspecified atom stereocenters. The average Bonchev–Trinajstić information content (AvgIpc) is 2.68. The number of amides is 1. The summed E-state index contributed by atoms with van der Waals surface area (Å²) in [6, 6.07) is 15.6. The smallest absolute Gasteiger partial charge is 0.236 e. The first-order valence-electron chi connectivity index (χ1n) is 9.11. The van der Waals surface area contributed by atoms with E-state index < -0.39 is 0 Å². The fourth-order valence-corrected chi connectivity index (χ4v) is 3.21. The maximum absolute atomic E-state index is 12.3. The van der Waals surface area contributed by atoms with Gasteiger partial charge in [-0.3, -0.25) is 9.69 Å². The molecule has 0 radical (unpaired) electrons. The Morgan fingerprint density at radius 3 is 2.74 bits per heavy atom. The molecule has 0 aromatic heterocycles. The zero-order valence-corrected chi connectivity index (χ0v) is 16.3. The normalized spacial score (nSPS) is 14.4. The third-order valence-corrected chi connectivity index (χ3v) is 4.84. The molecule has 1 saturated heterocycles. The summed E-state index contributed by atoms with van der Waals surface area (Å²) in [5, 5.41) is 0.704. The number of hydrogen-bond donors (Lipinski definition) is 0. The summed E-state index contributed by atoms with van der Waals surface area (Å²) < 4.78 is 11.2. The summed E-state index contributed by atoms with van der Waals surface area (Å²) >= 11 is 6.17. The maximum Gasteiger partial charge on any atom is 0.236 e. The molecule has 6 heteroatoms. The molecule has 0 saturated carbocycles. The van der Waals surface area contributed by atoms with Crippen molar-refractivity contribution >= 4 is 17.5 Å². The largest absolute Gasteiger partial charge is 0.489 e. The molecule has 1 amide bonds. The van der Waals surface area contributed by atoms with E-state index >= 15 is 0 Å². The van der Waals surface area contributed by atoms with Crippen LogP contribution in [0, 0.1) is 0 Å². The van der Waals surface area contributed by atoms with E-state index in [2.05, 4.69) is 0 Å². The molecule has 0 N–H and O–H groups in total. The van der Waals surface area contributed by atoms with Crippen LogP contribution in [0.15, 0.2) is 48.5 Å². The first-order chi connectivity index (χ1) is 13.1. The van der Waals surface area contributed by atoms with E-state index in [1.165, 1.54) is 0 Å². The van der Waals surface area contributed by atoms with E-state index in [1.807, 2.05) is 65.4 Å². The predicted molar refractivity (Wildman–Crippen MR) is 106 cm³/mol. The SMILES string of the molecule is CN(CC(=O)N1CCOCC1)Cc1cccc(OCc2ccccc2Cl)c1. The van der Waals surface area contributed by atoms with Crippen molar-refractivity contribution in [3.05, 3.63) is 64.7 Å². The molecule has 0 atom stereocenters. The molecule has 1 heterocycles. The number of carbonyl (C=O) groups excluding carboxylic acids is 1. The van der Waals surface area contributed by atoms with Crippen LogP contribution in [0.5, 0.6) is 5.75 Å². The third kappa shape index (κ3) is 5.96. The second kappa shape index (κ2) is 9.74. The summed E-state index contributed by atoms with van der Waals surface area (Å²) in [5.41, 5.74) is 2.06. The quantitative estimate of drug-likeness (QED) is 0.730. The van der Waals surface area contributed by atoms with Crippen LogP contribution in [-0.4, -0.2) is 55.6 Å². The molecule has 144 valence electrons. The number of carbonyl (C=O) groups is 1. The summed E-state index contributed by atoms with van der Waals surface area (Å²) in [7, 11) is 1.95. The number of likely N-dealkylation sites (N-methyl/N-ethyl adjacent to an activating group) is 1. The zero-order valence-electron chi connectivity index (χ0n) is 15.6. The molecule has 0 aliphatic carbocycles. The lowest BCUT2D eigenvalue weighted by atomic mass is 10.2. The van der Waals surface area contributed by atoms with Crippen LogP contribution in [0.4, 0.5) is 0 Å². The minimum atomic E-state index is 0.145. The summed E-state index contributed by atoms with van der Waals surface area (Å²) in [5.74, 6) is 0.937. The third-order valence-electron chi connectivity index (χ3n) is 4.47.